The van der Waals surface area contributed by atoms with Crippen LogP contribution in [-0.2, 0) is 27.2 Å². The fraction of sp³-hybridized carbons (Fsp3) is 0.333. The third kappa shape index (κ3) is 3.89. The first kappa shape index (κ1) is 18.8. The van der Waals surface area contributed by atoms with Gasteiger partial charge in [0.05, 0.1) is 6.61 Å². The molecule has 0 heterocycles. The number of phenols is 1. The van der Waals surface area contributed by atoms with Crippen molar-refractivity contribution in [2.45, 2.75) is 40.0 Å². The number of anilines is 1. The van der Waals surface area contributed by atoms with E-state index >= 15 is 0 Å². The van der Waals surface area contributed by atoms with Crippen molar-refractivity contribution in [2.75, 3.05) is 11.9 Å². The lowest BCUT2D eigenvalue weighted by Gasteiger charge is -2.16. The van der Waals surface area contributed by atoms with Gasteiger partial charge in [0.2, 0.25) is 0 Å². The highest BCUT2D eigenvalue weighted by Crippen LogP contribution is 2.40. The number of hydrogen-bond acceptors (Lipinski definition) is 5. The lowest BCUT2D eigenvalue weighted by Crippen LogP contribution is -2.25. The summed E-state index contributed by atoms with van der Waals surface area (Å²) in [6, 6.07) is 6.95. The fourth-order valence-corrected chi connectivity index (χ4v) is 3.42. The van der Waals surface area contributed by atoms with Crippen molar-refractivity contribution in [2.24, 2.45) is 0 Å². The summed E-state index contributed by atoms with van der Waals surface area (Å²) < 4.78 is 10.9. The summed E-state index contributed by atoms with van der Waals surface area (Å²) in [5, 5.41) is 12.5. The van der Waals surface area contributed by atoms with Gasteiger partial charge in [0.15, 0.2) is 0 Å². The molecule has 0 radical (unpaired) electrons. The Morgan fingerprint density at radius 1 is 1.11 bits per heavy atom. The average Bonchev–Trinajstić information content (AvgIpc) is 3.11. The Morgan fingerprint density at radius 3 is 2.44 bits per heavy atom. The van der Waals surface area contributed by atoms with Crippen LogP contribution in [0.5, 0.6) is 17.2 Å². The van der Waals surface area contributed by atoms with Gasteiger partial charge in [-0.15, -0.1) is 0 Å². The number of fused-ring (bicyclic) bond motifs is 1. The molecule has 0 saturated heterocycles. The van der Waals surface area contributed by atoms with E-state index in [1.54, 1.807) is 31.2 Å². The van der Waals surface area contributed by atoms with Crippen molar-refractivity contribution in [1.29, 1.82) is 0 Å². The zero-order valence-corrected chi connectivity index (χ0v) is 15.7. The molecule has 1 aliphatic carbocycles. The van der Waals surface area contributed by atoms with Crippen LogP contribution in [0.2, 0.25) is 0 Å². The van der Waals surface area contributed by atoms with Gasteiger partial charge in [-0.25, -0.2) is 4.79 Å². The van der Waals surface area contributed by atoms with Gasteiger partial charge in [-0.2, -0.15) is 0 Å². The number of rotatable bonds is 4. The van der Waals surface area contributed by atoms with Crippen molar-refractivity contribution >= 4 is 17.6 Å². The summed E-state index contributed by atoms with van der Waals surface area (Å²) in [6.07, 6.45) is 2.74. The van der Waals surface area contributed by atoms with Crippen LogP contribution in [0.3, 0.4) is 0 Å². The van der Waals surface area contributed by atoms with Crippen LogP contribution in [-0.4, -0.2) is 23.6 Å². The Morgan fingerprint density at radius 2 is 1.78 bits per heavy atom. The lowest BCUT2D eigenvalue weighted by atomic mass is 10.1. The van der Waals surface area contributed by atoms with Crippen LogP contribution in [0.1, 0.15) is 35.6 Å². The summed E-state index contributed by atoms with van der Waals surface area (Å²) in [5.41, 5.74) is 4.17. The van der Waals surface area contributed by atoms with Crippen LogP contribution < -0.4 is 10.1 Å². The molecule has 6 heteroatoms. The predicted molar refractivity (Wildman–Crippen MR) is 101 cm³/mol. The van der Waals surface area contributed by atoms with Crippen LogP contribution in [0, 0.1) is 13.8 Å². The normalized spacial score (nSPS) is 12.4. The predicted octanol–water partition coefficient (Wildman–Crippen LogP) is 3.79. The topological polar surface area (TPSA) is 84.9 Å². The molecule has 0 spiro atoms. The second-order valence-corrected chi connectivity index (χ2v) is 6.61. The standard InChI is InChI=1S/C21H23NO5/c1-4-26-21(25)20(24)22-14-10-12(2)19(13(3)11-14)27-18-9-8-17(23)15-6-5-7-16(15)18/h8-11,23H,4-7H2,1-3H3,(H,22,24). The molecule has 0 aliphatic heterocycles. The van der Waals surface area contributed by atoms with E-state index in [4.69, 9.17) is 9.47 Å². The van der Waals surface area contributed by atoms with Gasteiger partial charge >= 0.3 is 11.9 Å². The minimum Gasteiger partial charge on any atom is -0.508 e. The van der Waals surface area contributed by atoms with Gasteiger partial charge in [0, 0.05) is 16.8 Å². The quantitative estimate of drug-likeness (QED) is 0.633. The van der Waals surface area contributed by atoms with Gasteiger partial charge < -0.3 is 19.9 Å². The number of aryl methyl sites for hydroxylation is 2. The van der Waals surface area contributed by atoms with E-state index < -0.39 is 11.9 Å². The number of ether oxygens (including phenoxy) is 2. The van der Waals surface area contributed by atoms with E-state index in [1.165, 1.54) is 0 Å². The van der Waals surface area contributed by atoms with Gasteiger partial charge in [-0.1, -0.05) is 0 Å². The number of hydrogen-bond donors (Lipinski definition) is 2. The van der Waals surface area contributed by atoms with Crippen molar-refractivity contribution in [3.05, 3.63) is 46.5 Å². The van der Waals surface area contributed by atoms with Gasteiger partial charge in [-0.3, -0.25) is 4.79 Å². The molecule has 0 atom stereocenters. The molecule has 1 amide bonds. The zero-order chi connectivity index (χ0) is 19.6. The summed E-state index contributed by atoms with van der Waals surface area (Å²) in [4.78, 5) is 23.3. The average molecular weight is 369 g/mol. The SMILES string of the molecule is CCOC(=O)C(=O)Nc1cc(C)c(Oc2ccc(O)c3c2CCC3)c(C)c1. The van der Waals surface area contributed by atoms with Crippen LogP contribution in [0.15, 0.2) is 24.3 Å². The maximum Gasteiger partial charge on any atom is 0.397 e. The second kappa shape index (κ2) is 7.70. The van der Waals surface area contributed by atoms with Crippen LogP contribution in [0.4, 0.5) is 5.69 Å². The number of carbonyl (C=O) groups excluding carboxylic acids is 2. The number of benzene rings is 2. The summed E-state index contributed by atoms with van der Waals surface area (Å²) in [5.74, 6) is 0.0486. The first-order chi connectivity index (χ1) is 12.9. The molecule has 0 saturated carbocycles. The largest absolute Gasteiger partial charge is 0.508 e. The highest BCUT2D eigenvalue weighted by atomic mass is 16.5. The van der Waals surface area contributed by atoms with E-state index in [0.717, 1.165) is 47.3 Å². The molecule has 0 aromatic heterocycles. The number of esters is 1. The van der Waals surface area contributed by atoms with Gasteiger partial charge in [-0.05, 0) is 75.4 Å². The van der Waals surface area contributed by atoms with Crippen molar-refractivity contribution in [3.8, 4) is 17.2 Å². The number of aromatic hydroxyl groups is 1. The van der Waals surface area contributed by atoms with E-state index in [9.17, 15) is 14.7 Å². The Kier molecular flexibility index (Phi) is 5.35. The molecule has 27 heavy (non-hydrogen) atoms. The fourth-order valence-electron chi connectivity index (χ4n) is 3.42. The maximum atomic E-state index is 11.8. The van der Waals surface area contributed by atoms with Crippen LogP contribution in [0.25, 0.3) is 0 Å². The zero-order valence-electron chi connectivity index (χ0n) is 15.7. The number of nitrogens with one attached hydrogen (secondary N) is 1. The van der Waals surface area contributed by atoms with Gasteiger partial charge in [0.1, 0.15) is 17.2 Å². The second-order valence-electron chi connectivity index (χ2n) is 6.61. The number of phenolic OH excluding ortho intramolecular Hbond substituents is 1. The monoisotopic (exact) mass is 369 g/mol. The van der Waals surface area contributed by atoms with E-state index in [2.05, 4.69) is 5.32 Å². The minimum atomic E-state index is -0.909. The molecule has 2 N–H and O–H groups in total. The molecule has 1 aliphatic rings. The molecule has 2 aromatic rings. The molecule has 0 unspecified atom stereocenters. The highest BCUT2D eigenvalue weighted by molar-refractivity contribution is 6.37. The number of amides is 1. The summed E-state index contributed by atoms with van der Waals surface area (Å²) in [6.45, 7) is 5.55. The first-order valence-electron chi connectivity index (χ1n) is 9.01. The molecular weight excluding hydrogens is 346 g/mol. The van der Waals surface area contributed by atoms with Crippen molar-refractivity contribution in [1.82, 2.24) is 0 Å². The Bertz CT molecular complexity index is 881. The summed E-state index contributed by atoms with van der Waals surface area (Å²) in [7, 11) is 0. The number of carbonyl (C=O) groups is 2. The molecule has 0 bridgehead atoms. The minimum absolute atomic E-state index is 0.147. The molecular formula is C21H23NO5. The molecule has 3 rings (SSSR count). The molecule has 142 valence electrons. The molecule has 6 nitrogen and oxygen atoms in total. The molecule has 0 fully saturated rings. The first-order valence-corrected chi connectivity index (χ1v) is 9.01. The third-order valence-corrected chi connectivity index (χ3v) is 4.61. The van der Waals surface area contributed by atoms with Crippen molar-refractivity contribution in [3.63, 3.8) is 0 Å². The lowest BCUT2D eigenvalue weighted by molar-refractivity contribution is -0.152. The maximum absolute atomic E-state index is 11.8. The Labute approximate surface area is 158 Å². The van der Waals surface area contributed by atoms with E-state index in [-0.39, 0.29) is 6.61 Å². The van der Waals surface area contributed by atoms with E-state index in [1.807, 2.05) is 13.8 Å². The van der Waals surface area contributed by atoms with Gasteiger partial charge in [0.25, 0.3) is 0 Å². The Balaban J connectivity index is 1.83. The third-order valence-electron chi connectivity index (χ3n) is 4.61. The van der Waals surface area contributed by atoms with E-state index in [0.29, 0.717) is 17.2 Å². The van der Waals surface area contributed by atoms with Crippen molar-refractivity contribution < 1.29 is 24.2 Å². The Hall–Kier alpha value is -3.02. The van der Waals surface area contributed by atoms with Crippen LogP contribution >= 0.6 is 0 Å². The summed E-state index contributed by atoms with van der Waals surface area (Å²) >= 11 is 0. The molecule has 2 aromatic carbocycles. The highest BCUT2D eigenvalue weighted by Gasteiger charge is 2.21. The smallest absolute Gasteiger partial charge is 0.397 e.